The molecule has 0 saturated carbocycles. The Balaban J connectivity index is 2.05. The SMILES string of the molecule is CC(C)Cc1ccc(C(CN)N2CCCCC2)cc1. The molecular weight excluding hydrogens is 232 g/mol. The van der Waals surface area contributed by atoms with Crippen LogP contribution in [0, 0.1) is 5.92 Å². The third-order valence-electron chi connectivity index (χ3n) is 4.06. The van der Waals surface area contributed by atoms with Crippen LogP contribution in [0.2, 0.25) is 0 Å². The topological polar surface area (TPSA) is 29.3 Å². The largest absolute Gasteiger partial charge is 0.329 e. The molecular formula is C17H28N2. The van der Waals surface area contributed by atoms with Crippen molar-refractivity contribution >= 4 is 0 Å². The van der Waals surface area contributed by atoms with Gasteiger partial charge in [-0.2, -0.15) is 0 Å². The molecule has 1 saturated heterocycles. The van der Waals surface area contributed by atoms with E-state index in [1.165, 1.54) is 43.5 Å². The highest BCUT2D eigenvalue weighted by Gasteiger charge is 2.20. The average molecular weight is 260 g/mol. The molecule has 0 aromatic heterocycles. The van der Waals surface area contributed by atoms with Gasteiger partial charge in [0.15, 0.2) is 0 Å². The summed E-state index contributed by atoms with van der Waals surface area (Å²) in [4.78, 5) is 2.56. The molecule has 1 aromatic carbocycles. The maximum atomic E-state index is 6.01. The number of hydrogen-bond acceptors (Lipinski definition) is 2. The summed E-state index contributed by atoms with van der Waals surface area (Å²) < 4.78 is 0. The lowest BCUT2D eigenvalue weighted by Gasteiger charge is -2.34. The molecule has 1 aromatic rings. The van der Waals surface area contributed by atoms with E-state index in [1.807, 2.05) is 0 Å². The zero-order valence-electron chi connectivity index (χ0n) is 12.4. The maximum absolute atomic E-state index is 6.01. The van der Waals surface area contributed by atoms with Crippen LogP contribution in [-0.2, 0) is 6.42 Å². The van der Waals surface area contributed by atoms with Gasteiger partial charge in [-0.15, -0.1) is 0 Å². The van der Waals surface area contributed by atoms with Gasteiger partial charge in [-0.25, -0.2) is 0 Å². The quantitative estimate of drug-likeness (QED) is 0.879. The summed E-state index contributed by atoms with van der Waals surface area (Å²) in [5.74, 6) is 0.721. The molecule has 0 bridgehead atoms. The zero-order valence-corrected chi connectivity index (χ0v) is 12.4. The van der Waals surface area contributed by atoms with E-state index in [0.29, 0.717) is 6.04 Å². The monoisotopic (exact) mass is 260 g/mol. The summed E-state index contributed by atoms with van der Waals surface area (Å²) in [5.41, 5.74) is 8.84. The molecule has 0 amide bonds. The van der Waals surface area contributed by atoms with Crippen LogP contribution in [-0.4, -0.2) is 24.5 Å². The minimum Gasteiger partial charge on any atom is -0.329 e. The molecule has 1 unspecified atom stereocenters. The maximum Gasteiger partial charge on any atom is 0.0470 e. The van der Waals surface area contributed by atoms with E-state index in [1.54, 1.807) is 0 Å². The van der Waals surface area contributed by atoms with Crippen LogP contribution in [0.3, 0.4) is 0 Å². The lowest BCUT2D eigenvalue weighted by molar-refractivity contribution is 0.167. The first-order valence-electron chi connectivity index (χ1n) is 7.73. The summed E-state index contributed by atoms with van der Waals surface area (Å²) in [6.45, 7) is 7.67. The second-order valence-corrected chi connectivity index (χ2v) is 6.19. The second kappa shape index (κ2) is 7.06. The van der Waals surface area contributed by atoms with Gasteiger partial charge >= 0.3 is 0 Å². The summed E-state index contributed by atoms with van der Waals surface area (Å²) in [6.07, 6.45) is 5.18. The minimum absolute atomic E-state index is 0.411. The van der Waals surface area contributed by atoms with Crippen molar-refractivity contribution in [2.45, 2.75) is 45.6 Å². The molecule has 2 nitrogen and oxygen atoms in total. The summed E-state index contributed by atoms with van der Waals surface area (Å²) >= 11 is 0. The Morgan fingerprint density at radius 3 is 2.21 bits per heavy atom. The molecule has 106 valence electrons. The predicted octanol–water partition coefficient (Wildman–Crippen LogP) is 3.37. The normalized spacial score (nSPS) is 18.7. The highest BCUT2D eigenvalue weighted by Crippen LogP contribution is 2.24. The van der Waals surface area contributed by atoms with Gasteiger partial charge < -0.3 is 5.73 Å². The number of piperidine rings is 1. The Morgan fingerprint density at radius 1 is 1.05 bits per heavy atom. The number of nitrogens with two attached hydrogens (primary N) is 1. The number of benzene rings is 1. The van der Waals surface area contributed by atoms with E-state index in [2.05, 4.69) is 43.0 Å². The molecule has 0 radical (unpaired) electrons. The van der Waals surface area contributed by atoms with Gasteiger partial charge in [-0.05, 0) is 49.4 Å². The highest BCUT2D eigenvalue weighted by molar-refractivity contribution is 5.25. The van der Waals surface area contributed by atoms with Crippen molar-refractivity contribution in [1.29, 1.82) is 0 Å². The molecule has 2 heteroatoms. The fourth-order valence-corrected chi connectivity index (χ4v) is 3.07. The van der Waals surface area contributed by atoms with Crippen LogP contribution in [0.1, 0.15) is 50.3 Å². The van der Waals surface area contributed by atoms with Crippen molar-refractivity contribution in [2.75, 3.05) is 19.6 Å². The van der Waals surface area contributed by atoms with Crippen molar-refractivity contribution in [3.8, 4) is 0 Å². The van der Waals surface area contributed by atoms with Crippen LogP contribution in [0.25, 0.3) is 0 Å². The van der Waals surface area contributed by atoms with Gasteiger partial charge in [0.2, 0.25) is 0 Å². The summed E-state index contributed by atoms with van der Waals surface area (Å²) in [7, 11) is 0. The zero-order chi connectivity index (χ0) is 13.7. The first-order chi connectivity index (χ1) is 9.20. The second-order valence-electron chi connectivity index (χ2n) is 6.19. The van der Waals surface area contributed by atoms with Crippen LogP contribution < -0.4 is 5.73 Å². The summed E-state index contributed by atoms with van der Waals surface area (Å²) in [6, 6.07) is 9.53. The van der Waals surface area contributed by atoms with Crippen LogP contribution in [0.4, 0.5) is 0 Å². The highest BCUT2D eigenvalue weighted by atomic mass is 15.2. The lowest BCUT2D eigenvalue weighted by Crippen LogP contribution is -2.37. The molecule has 0 aliphatic carbocycles. The predicted molar refractivity (Wildman–Crippen MR) is 82.2 cm³/mol. The fraction of sp³-hybridized carbons (Fsp3) is 0.647. The van der Waals surface area contributed by atoms with E-state index in [-0.39, 0.29) is 0 Å². The van der Waals surface area contributed by atoms with E-state index in [0.717, 1.165) is 18.9 Å². The first kappa shape index (κ1) is 14.5. The Bertz CT molecular complexity index is 363. The molecule has 2 rings (SSSR count). The Morgan fingerprint density at radius 2 is 1.68 bits per heavy atom. The average Bonchev–Trinajstić information content (AvgIpc) is 2.42. The van der Waals surface area contributed by atoms with Crippen LogP contribution in [0.5, 0.6) is 0 Å². The van der Waals surface area contributed by atoms with Gasteiger partial charge in [0.05, 0.1) is 0 Å². The smallest absolute Gasteiger partial charge is 0.0470 e. The molecule has 0 spiro atoms. The van der Waals surface area contributed by atoms with Crippen LogP contribution >= 0.6 is 0 Å². The molecule has 1 atom stereocenters. The summed E-state index contributed by atoms with van der Waals surface area (Å²) in [5, 5.41) is 0. The van der Waals surface area contributed by atoms with Gasteiger partial charge in [0, 0.05) is 12.6 Å². The van der Waals surface area contributed by atoms with E-state index in [9.17, 15) is 0 Å². The van der Waals surface area contributed by atoms with Gasteiger partial charge in [-0.3, -0.25) is 4.90 Å². The fourth-order valence-electron chi connectivity index (χ4n) is 3.07. The molecule has 1 heterocycles. The van der Waals surface area contributed by atoms with E-state index >= 15 is 0 Å². The molecule has 1 fully saturated rings. The third kappa shape index (κ3) is 4.05. The number of hydrogen-bond donors (Lipinski definition) is 1. The Hall–Kier alpha value is -0.860. The number of likely N-dealkylation sites (tertiary alicyclic amines) is 1. The molecule has 1 aliphatic heterocycles. The van der Waals surface area contributed by atoms with Gasteiger partial charge in [0.1, 0.15) is 0 Å². The Kier molecular flexibility index (Phi) is 5.41. The Labute approximate surface area is 118 Å². The van der Waals surface area contributed by atoms with Crippen molar-refractivity contribution in [3.05, 3.63) is 35.4 Å². The first-order valence-corrected chi connectivity index (χ1v) is 7.73. The van der Waals surface area contributed by atoms with Crippen molar-refractivity contribution in [3.63, 3.8) is 0 Å². The minimum atomic E-state index is 0.411. The number of rotatable bonds is 5. The van der Waals surface area contributed by atoms with E-state index in [4.69, 9.17) is 5.73 Å². The van der Waals surface area contributed by atoms with Crippen molar-refractivity contribution in [1.82, 2.24) is 4.90 Å². The van der Waals surface area contributed by atoms with Crippen molar-refractivity contribution in [2.24, 2.45) is 11.7 Å². The molecule has 19 heavy (non-hydrogen) atoms. The standard InChI is InChI=1S/C17H28N2/c1-14(2)12-15-6-8-16(9-7-15)17(13-18)19-10-4-3-5-11-19/h6-9,14,17H,3-5,10-13,18H2,1-2H3. The lowest BCUT2D eigenvalue weighted by atomic mass is 9.97. The number of nitrogens with zero attached hydrogens (tertiary/aromatic N) is 1. The molecule has 1 aliphatic rings. The molecule has 2 N–H and O–H groups in total. The third-order valence-corrected chi connectivity index (χ3v) is 4.06. The van der Waals surface area contributed by atoms with Gasteiger partial charge in [-0.1, -0.05) is 44.5 Å². The van der Waals surface area contributed by atoms with Gasteiger partial charge in [0.25, 0.3) is 0 Å². The van der Waals surface area contributed by atoms with Crippen LogP contribution in [0.15, 0.2) is 24.3 Å². The van der Waals surface area contributed by atoms with E-state index < -0.39 is 0 Å². The van der Waals surface area contributed by atoms with Crippen molar-refractivity contribution < 1.29 is 0 Å².